The van der Waals surface area contributed by atoms with Crippen LogP contribution in [0.5, 0.6) is 0 Å². The highest BCUT2D eigenvalue weighted by Gasteiger charge is 2.21. The summed E-state index contributed by atoms with van der Waals surface area (Å²) < 4.78 is 13.8. The number of nitrogens with one attached hydrogen (secondary N) is 1. The molecular weight excluding hydrogens is 389 g/mol. The number of amides is 2. The van der Waals surface area contributed by atoms with Gasteiger partial charge in [0.1, 0.15) is 5.82 Å². The van der Waals surface area contributed by atoms with E-state index in [1.54, 1.807) is 12.1 Å². The Hall–Kier alpha value is -2.38. The third-order valence-electron chi connectivity index (χ3n) is 4.84. The van der Waals surface area contributed by atoms with E-state index in [1.807, 2.05) is 42.2 Å². The zero-order valence-corrected chi connectivity index (χ0v) is 17.4. The van der Waals surface area contributed by atoms with Gasteiger partial charge in [-0.1, -0.05) is 30.3 Å². The maximum Gasteiger partial charge on any atom is 0.234 e. The van der Waals surface area contributed by atoms with Crippen LogP contribution in [-0.4, -0.2) is 59.3 Å². The van der Waals surface area contributed by atoms with E-state index in [4.69, 9.17) is 0 Å². The molecule has 3 rings (SSSR count). The van der Waals surface area contributed by atoms with Gasteiger partial charge in [-0.15, -0.1) is 11.8 Å². The van der Waals surface area contributed by atoms with E-state index in [0.29, 0.717) is 25.2 Å². The summed E-state index contributed by atoms with van der Waals surface area (Å²) in [7, 11) is 0. The highest BCUT2D eigenvalue weighted by atomic mass is 32.2. The van der Waals surface area contributed by atoms with Crippen LogP contribution in [-0.2, 0) is 16.1 Å². The summed E-state index contributed by atoms with van der Waals surface area (Å²) in [6.07, 6.45) is 0. The van der Waals surface area contributed by atoms with Crippen molar-refractivity contribution in [3.8, 4) is 0 Å². The first-order chi connectivity index (χ1) is 14.0. The molecule has 0 radical (unpaired) electrons. The second-order valence-corrected chi connectivity index (χ2v) is 8.14. The molecule has 1 fully saturated rings. The molecule has 1 aliphatic rings. The minimum atomic E-state index is -0.189. The van der Waals surface area contributed by atoms with Crippen molar-refractivity contribution in [3.63, 3.8) is 0 Å². The highest BCUT2D eigenvalue weighted by molar-refractivity contribution is 8.00. The van der Waals surface area contributed by atoms with Crippen molar-refractivity contribution in [2.75, 3.05) is 43.0 Å². The Labute approximate surface area is 175 Å². The van der Waals surface area contributed by atoms with Gasteiger partial charge in [0.25, 0.3) is 0 Å². The molecule has 2 aromatic carbocycles. The predicted octanol–water partition coefficient (Wildman–Crippen LogP) is 3.15. The SMILES string of the molecule is Cc1cccc(NC(=O)CSCC(=O)N2CCN(Cc3ccccc3F)CC2)c1. The maximum absolute atomic E-state index is 13.8. The number of hydrogen-bond acceptors (Lipinski definition) is 4. The molecule has 1 N–H and O–H groups in total. The smallest absolute Gasteiger partial charge is 0.234 e. The first-order valence-electron chi connectivity index (χ1n) is 9.69. The van der Waals surface area contributed by atoms with Crippen molar-refractivity contribution >= 4 is 29.3 Å². The van der Waals surface area contributed by atoms with Crippen LogP contribution in [0, 0.1) is 12.7 Å². The van der Waals surface area contributed by atoms with E-state index < -0.39 is 0 Å². The van der Waals surface area contributed by atoms with Gasteiger partial charge in [0.2, 0.25) is 11.8 Å². The van der Waals surface area contributed by atoms with Crippen molar-refractivity contribution in [1.82, 2.24) is 9.80 Å². The molecule has 154 valence electrons. The Kier molecular flexibility index (Phi) is 7.66. The third-order valence-corrected chi connectivity index (χ3v) is 5.75. The van der Waals surface area contributed by atoms with Gasteiger partial charge in [-0.3, -0.25) is 14.5 Å². The molecule has 5 nitrogen and oxygen atoms in total. The molecule has 2 aromatic rings. The molecule has 0 saturated carbocycles. The zero-order chi connectivity index (χ0) is 20.6. The lowest BCUT2D eigenvalue weighted by Crippen LogP contribution is -2.49. The minimum absolute atomic E-state index is 0.0453. The van der Waals surface area contributed by atoms with Crippen molar-refractivity contribution in [3.05, 3.63) is 65.5 Å². The second-order valence-electron chi connectivity index (χ2n) is 7.16. The fourth-order valence-corrected chi connectivity index (χ4v) is 3.98. The molecule has 1 saturated heterocycles. The first kappa shape index (κ1) is 21.3. The average Bonchev–Trinajstić information content (AvgIpc) is 2.70. The highest BCUT2D eigenvalue weighted by Crippen LogP contribution is 2.14. The summed E-state index contributed by atoms with van der Waals surface area (Å²) >= 11 is 1.33. The molecule has 0 unspecified atom stereocenters. The third kappa shape index (κ3) is 6.58. The van der Waals surface area contributed by atoms with Gasteiger partial charge in [0.05, 0.1) is 11.5 Å². The average molecular weight is 416 g/mol. The molecule has 0 aromatic heterocycles. The van der Waals surface area contributed by atoms with Crippen LogP contribution in [0.3, 0.4) is 0 Å². The number of halogens is 1. The monoisotopic (exact) mass is 415 g/mol. The number of nitrogens with zero attached hydrogens (tertiary/aromatic N) is 2. The van der Waals surface area contributed by atoms with Crippen LogP contribution in [0.4, 0.5) is 10.1 Å². The Morgan fingerprint density at radius 2 is 1.79 bits per heavy atom. The van der Waals surface area contributed by atoms with E-state index in [0.717, 1.165) is 24.3 Å². The van der Waals surface area contributed by atoms with Gasteiger partial charge in [-0.05, 0) is 30.7 Å². The zero-order valence-electron chi connectivity index (χ0n) is 16.6. The Morgan fingerprint density at radius 1 is 1.03 bits per heavy atom. The largest absolute Gasteiger partial charge is 0.339 e. The Balaban J connectivity index is 1.35. The summed E-state index contributed by atoms with van der Waals surface area (Å²) in [6.45, 7) is 5.23. The van der Waals surface area contributed by atoms with Gasteiger partial charge in [-0.25, -0.2) is 4.39 Å². The molecular formula is C22H26FN3O2S. The number of benzene rings is 2. The fourth-order valence-electron chi connectivity index (χ4n) is 3.27. The second kappa shape index (κ2) is 10.4. The maximum atomic E-state index is 13.8. The lowest BCUT2D eigenvalue weighted by molar-refractivity contribution is -0.130. The Morgan fingerprint density at radius 3 is 2.52 bits per heavy atom. The molecule has 1 heterocycles. The van der Waals surface area contributed by atoms with Gasteiger partial charge in [-0.2, -0.15) is 0 Å². The van der Waals surface area contributed by atoms with Gasteiger partial charge >= 0.3 is 0 Å². The quantitative estimate of drug-likeness (QED) is 0.755. The number of thioether (sulfide) groups is 1. The molecule has 0 aliphatic carbocycles. The van der Waals surface area contributed by atoms with Crippen molar-refractivity contribution < 1.29 is 14.0 Å². The predicted molar refractivity (Wildman–Crippen MR) is 115 cm³/mol. The molecule has 0 atom stereocenters. The van der Waals surface area contributed by atoms with E-state index in [1.165, 1.54) is 17.8 Å². The number of piperazine rings is 1. The summed E-state index contributed by atoms with van der Waals surface area (Å²) in [5.74, 6) is 0.278. The molecule has 1 aliphatic heterocycles. The fraction of sp³-hybridized carbons (Fsp3) is 0.364. The van der Waals surface area contributed by atoms with Crippen LogP contribution in [0.25, 0.3) is 0 Å². The topological polar surface area (TPSA) is 52.7 Å². The van der Waals surface area contributed by atoms with Crippen molar-refractivity contribution in [2.45, 2.75) is 13.5 Å². The van der Waals surface area contributed by atoms with Crippen LogP contribution in [0.2, 0.25) is 0 Å². The van der Waals surface area contributed by atoms with Gasteiger partial charge in [0.15, 0.2) is 0 Å². The number of rotatable bonds is 7. The summed E-state index contributed by atoms with van der Waals surface area (Å²) in [4.78, 5) is 28.4. The normalized spacial score (nSPS) is 14.6. The lowest BCUT2D eigenvalue weighted by atomic mass is 10.2. The van der Waals surface area contributed by atoms with Crippen molar-refractivity contribution in [2.24, 2.45) is 0 Å². The molecule has 2 amide bonds. The van der Waals surface area contributed by atoms with Crippen LogP contribution < -0.4 is 5.32 Å². The summed E-state index contributed by atoms with van der Waals surface area (Å²) in [5, 5.41) is 2.85. The van der Waals surface area contributed by atoms with E-state index in [9.17, 15) is 14.0 Å². The summed E-state index contributed by atoms with van der Waals surface area (Å²) in [6, 6.07) is 14.4. The van der Waals surface area contributed by atoms with Gasteiger partial charge in [0, 0.05) is 44.0 Å². The van der Waals surface area contributed by atoms with Crippen molar-refractivity contribution in [1.29, 1.82) is 0 Å². The molecule has 29 heavy (non-hydrogen) atoms. The van der Waals surface area contributed by atoms with E-state index in [2.05, 4.69) is 10.2 Å². The molecule has 7 heteroatoms. The number of anilines is 1. The standard InChI is InChI=1S/C22H26FN3O2S/c1-17-5-4-7-19(13-17)24-21(27)15-29-16-22(28)26-11-9-25(10-12-26)14-18-6-2-3-8-20(18)23/h2-8,13H,9-12,14-16H2,1H3,(H,24,27). The number of hydrogen-bond donors (Lipinski definition) is 1. The van der Waals surface area contributed by atoms with E-state index in [-0.39, 0.29) is 29.1 Å². The van der Waals surface area contributed by atoms with Crippen LogP contribution in [0.15, 0.2) is 48.5 Å². The minimum Gasteiger partial charge on any atom is -0.339 e. The van der Waals surface area contributed by atoms with E-state index >= 15 is 0 Å². The number of aryl methyl sites for hydroxylation is 1. The van der Waals surface area contributed by atoms with Crippen LogP contribution in [0.1, 0.15) is 11.1 Å². The first-order valence-corrected chi connectivity index (χ1v) is 10.8. The molecule has 0 spiro atoms. The van der Waals surface area contributed by atoms with Crippen LogP contribution >= 0.6 is 11.8 Å². The summed E-state index contributed by atoms with van der Waals surface area (Å²) in [5.41, 5.74) is 2.54. The number of carbonyl (C=O) groups is 2. The Bertz CT molecular complexity index is 853. The lowest BCUT2D eigenvalue weighted by Gasteiger charge is -2.34. The van der Waals surface area contributed by atoms with Gasteiger partial charge < -0.3 is 10.2 Å². The number of carbonyl (C=O) groups excluding carboxylic acids is 2. The molecule has 0 bridgehead atoms.